The molecule has 168 valence electrons. The Morgan fingerprint density at radius 1 is 1.03 bits per heavy atom. The summed E-state index contributed by atoms with van der Waals surface area (Å²) in [7, 11) is 0. The third-order valence-electron chi connectivity index (χ3n) is 5.94. The van der Waals surface area contributed by atoms with E-state index in [1.54, 1.807) is 16.8 Å². The average Bonchev–Trinajstić information content (AvgIpc) is 3.29. The molecule has 0 radical (unpaired) electrons. The summed E-state index contributed by atoms with van der Waals surface area (Å²) in [6.07, 6.45) is 4.55. The highest BCUT2D eigenvalue weighted by molar-refractivity contribution is 8.00. The van der Waals surface area contributed by atoms with Gasteiger partial charge in [-0.1, -0.05) is 47.3 Å². The summed E-state index contributed by atoms with van der Waals surface area (Å²) in [6.45, 7) is 1.58. The van der Waals surface area contributed by atoms with Gasteiger partial charge < -0.3 is 4.90 Å². The van der Waals surface area contributed by atoms with Crippen molar-refractivity contribution < 1.29 is 9.18 Å². The minimum atomic E-state index is -0.323. The second-order valence-electron chi connectivity index (χ2n) is 8.13. The summed E-state index contributed by atoms with van der Waals surface area (Å²) in [4.78, 5) is 23.4. The van der Waals surface area contributed by atoms with Crippen LogP contribution in [0.1, 0.15) is 18.4 Å². The van der Waals surface area contributed by atoms with Crippen molar-refractivity contribution in [2.45, 2.75) is 24.3 Å². The van der Waals surface area contributed by atoms with Gasteiger partial charge in [0, 0.05) is 13.1 Å². The normalized spacial score (nSPS) is 14.6. The maximum absolute atomic E-state index is 13.2. The Kier molecular flexibility index (Phi) is 6.30. The molecule has 2 aromatic carbocycles. The Labute approximate surface area is 195 Å². The smallest absolute Gasteiger partial charge is 0.232 e. The predicted octanol–water partition coefficient (Wildman–Crippen LogP) is 3.92. The van der Waals surface area contributed by atoms with E-state index in [9.17, 15) is 9.18 Å². The molecule has 1 amide bonds. The van der Waals surface area contributed by atoms with Gasteiger partial charge in [-0.2, -0.15) is 4.68 Å². The van der Waals surface area contributed by atoms with E-state index in [1.807, 2.05) is 11.0 Å². The number of piperidine rings is 1. The lowest BCUT2D eigenvalue weighted by Crippen LogP contribution is -2.39. The highest BCUT2D eigenvalue weighted by Gasteiger charge is 2.23. The number of amides is 1. The van der Waals surface area contributed by atoms with Crippen LogP contribution in [0.25, 0.3) is 16.9 Å². The molecule has 33 heavy (non-hydrogen) atoms. The largest absolute Gasteiger partial charge is 0.342 e. The number of rotatable bonds is 6. The number of carbonyl (C=O) groups excluding carboxylic acids is 1. The van der Waals surface area contributed by atoms with Gasteiger partial charge in [-0.3, -0.25) is 4.79 Å². The molecule has 3 heterocycles. The Bertz CT molecular complexity index is 1240. The molecule has 9 heteroatoms. The van der Waals surface area contributed by atoms with Crippen LogP contribution in [0.15, 0.2) is 66.0 Å². The van der Waals surface area contributed by atoms with Crippen molar-refractivity contribution in [3.63, 3.8) is 0 Å². The Hall–Kier alpha value is -3.33. The molecule has 0 atom stereocenters. The van der Waals surface area contributed by atoms with Crippen LogP contribution in [0.4, 0.5) is 4.39 Å². The van der Waals surface area contributed by atoms with Gasteiger partial charge in [0.15, 0.2) is 11.2 Å². The van der Waals surface area contributed by atoms with E-state index in [2.05, 4.69) is 44.5 Å². The topological polar surface area (TPSA) is 76.8 Å². The van der Waals surface area contributed by atoms with Crippen molar-refractivity contribution in [1.29, 1.82) is 0 Å². The predicted molar refractivity (Wildman–Crippen MR) is 125 cm³/mol. The monoisotopic (exact) mass is 462 g/mol. The van der Waals surface area contributed by atoms with E-state index in [0.717, 1.165) is 32.4 Å². The SMILES string of the molecule is O=C(CSc1ncnc2c1nnn2-c1ccc(F)cc1)N1CCC(Cc2ccccc2)CC1. The number of halogens is 1. The zero-order chi connectivity index (χ0) is 22.6. The van der Waals surface area contributed by atoms with Gasteiger partial charge in [-0.25, -0.2) is 14.4 Å². The van der Waals surface area contributed by atoms with Crippen LogP contribution in [-0.4, -0.2) is 54.6 Å². The van der Waals surface area contributed by atoms with E-state index in [-0.39, 0.29) is 11.7 Å². The maximum Gasteiger partial charge on any atom is 0.232 e. The zero-order valence-electron chi connectivity index (χ0n) is 18.0. The average molecular weight is 463 g/mol. The standard InChI is InChI=1S/C24H23FN6OS/c25-19-6-8-20(9-7-19)31-23-22(28-29-31)24(27-16-26-23)33-15-21(32)30-12-10-18(11-13-30)14-17-4-2-1-3-5-17/h1-9,16,18H,10-15H2. The van der Waals surface area contributed by atoms with Gasteiger partial charge in [0.25, 0.3) is 0 Å². The number of benzene rings is 2. The van der Waals surface area contributed by atoms with Crippen LogP contribution < -0.4 is 0 Å². The number of aromatic nitrogens is 5. The molecule has 0 aliphatic carbocycles. The summed E-state index contributed by atoms with van der Waals surface area (Å²) >= 11 is 1.35. The van der Waals surface area contributed by atoms with Gasteiger partial charge >= 0.3 is 0 Å². The molecule has 1 aliphatic rings. The lowest BCUT2D eigenvalue weighted by Gasteiger charge is -2.32. The summed E-state index contributed by atoms with van der Waals surface area (Å²) in [5, 5.41) is 8.97. The number of nitrogens with zero attached hydrogens (tertiary/aromatic N) is 6. The Morgan fingerprint density at radius 3 is 2.55 bits per heavy atom. The molecule has 0 unspecified atom stereocenters. The number of fused-ring (bicyclic) bond motifs is 1. The Balaban J connectivity index is 1.20. The molecule has 0 spiro atoms. The molecule has 1 aliphatic heterocycles. The van der Waals surface area contributed by atoms with E-state index >= 15 is 0 Å². The first kappa shape index (κ1) is 21.5. The molecule has 2 aromatic heterocycles. The van der Waals surface area contributed by atoms with Crippen molar-refractivity contribution in [3.8, 4) is 5.69 Å². The lowest BCUT2D eigenvalue weighted by molar-refractivity contribution is -0.129. The number of carbonyl (C=O) groups is 1. The van der Waals surface area contributed by atoms with Crippen molar-refractivity contribution in [1.82, 2.24) is 29.9 Å². The van der Waals surface area contributed by atoms with E-state index < -0.39 is 0 Å². The summed E-state index contributed by atoms with van der Waals surface area (Å²) < 4.78 is 14.8. The second kappa shape index (κ2) is 9.66. The quantitative estimate of drug-likeness (QED) is 0.319. The number of likely N-dealkylation sites (tertiary alicyclic amines) is 1. The highest BCUT2D eigenvalue weighted by Crippen LogP contribution is 2.26. The zero-order valence-corrected chi connectivity index (χ0v) is 18.8. The van der Waals surface area contributed by atoms with Crippen LogP contribution in [0.2, 0.25) is 0 Å². The molecule has 7 nitrogen and oxygen atoms in total. The minimum Gasteiger partial charge on any atom is -0.342 e. The van der Waals surface area contributed by atoms with Gasteiger partial charge in [0.2, 0.25) is 5.91 Å². The Morgan fingerprint density at radius 2 is 1.79 bits per heavy atom. The van der Waals surface area contributed by atoms with Crippen molar-refractivity contribution >= 4 is 28.8 Å². The summed E-state index contributed by atoms with van der Waals surface area (Å²) in [5.74, 6) is 0.693. The molecular weight excluding hydrogens is 439 g/mol. The number of hydrogen-bond donors (Lipinski definition) is 0. The van der Waals surface area contributed by atoms with E-state index in [4.69, 9.17) is 0 Å². The van der Waals surface area contributed by atoms with Crippen molar-refractivity contribution in [2.24, 2.45) is 5.92 Å². The molecule has 0 N–H and O–H groups in total. The maximum atomic E-state index is 13.2. The van der Waals surface area contributed by atoms with Crippen LogP contribution in [0.5, 0.6) is 0 Å². The molecule has 4 aromatic rings. The lowest BCUT2D eigenvalue weighted by atomic mass is 9.90. The van der Waals surface area contributed by atoms with E-state index in [0.29, 0.717) is 33.5 Å². The molecule has 1 saturated heterocycles. The molecule has 0 saturated carbocycles. The van der Waals surface area contributed by atoms with Crippen LogP contribution in [-0.2, 0) is 11.2 Å². The first-order valence-corrected chi connectivity index (χ1v) is 11.9. The summed E-state index contributed by atoms with van der Waals surface area (Å²) in [6, 6.07) is 16.5. The fourth-order valence-electron chi connectivity index (χ4n) is 4.15. The third-order valence-corrected chi connectivity index (χ3v) is 6.91. The van der Waals surface area contributed by atoms with E-state index in [1.165, 1.54) is 35.8 Å². The molecule has 0 bridgehead atoms. The molecule has 1 fully saturated rings. The highest BCUT2D eigenvalue weighted by atomic mass is 32.2. The van der Waals surface area contributed by atoms with Crippen LogP contribution >= 0.6 is 11.8 Å². The van der Waals surface area contributed by atoms with Gasteiger partial charge in [0.1, 0.15) is 17.2 Å². The van der Waals surface area contributed by atoms with Gasteiger partial charge in [-0.15, -0.1) is 5.10 Å². The number of thioether (sulfide) groups is 1. The second-order valence-corrected chi connectivity index (χ2v) is 9.10. The van der Waals surface area contributed by atoms with Crippen molar-refractivity contribution in [2.75, 3.05) is 18.8 Å². The molecular formula is C24H23FN6OS. The van der Waals surface area contributed by atoms with Gasteiger partial charge in [0.05, 0.1) is 11.4 Å². The van der Waals surface area contributed by atoms with Crippen molar-refractivity contribution in [3.05, 3.63) is 72.3 Å². The van der Waals surface area contributed by atoms with Crippen LogP contribution in [0, 0.1) is 11.7 Å². The first-order chi connectivity index (χ1) is 16.2. The number of hydrogen-bond acceptors (Lipinski definition) is 6. The summed E-state index contributed by atoms with van der Waals surface area (Å²) in [5.41, 5.74) is 3.07. The minimum absolute atomic E-state index is 0.107. The fourth-order valence-corrected chi connectivity index (χ4v) is 4.98. The van der Waals surface area contributed by atoms with Crippen LogP contribution in [0.3, 0.4) is 0 Å². The third kappa shape index (κ3) is 4.88. The fraction of sp³-hybridized carbons (Fsp3) is 0.292. The first-order valence-electron chi connectivity index (χ1n) is 10.9. The van der Waals surface area contributed by atoms with Gasteiger partial charge in [-0.05, 0) is 55.0 Å². The molecule has 5 rings (SSSR count).